The smallest absolute Gasteiger partial charge is 0.275 e. The van der Waals surface area contributed by atoms with Gasteiger partial charge in [0, 0.05) is 25.0 Å². The van der Waals surface area contributed by atoms with Crippen molar-refractivity contribution in [3.63, 3.8) is 0 Å². The molecule has 1 saturated heterocycles. The van der Waals surface area contributed by atoms with Crippen LogP contribution >= 0.6 is 0 Å². The van der Waals surface area contributed by atoms with Gasteiger partial charge >= 0.3 is 0 Å². The Morgan fingerprint density at radius 1 is 1.10 bits per heavy atom. The van der Waals surface area contributed by atoms with E-state index in [2.05, 4.69) is 9.62 Å². The summed E-state index contributed by atoms with van der Waals surface area (Å²) in [6.07, 6.45) is 8.63. The number of benzene rings is 1. The number of rotatable bonds is 6. The molecule has 2 fully saturated rings. The lowest BCUT2D eigenvalue weighted by Crippen LogP contribution is -2.39. The van der Waals surface area contributed by atoms with Crippen molar-refractivity contribution in [3.8, 4) is 0 Å². The van der Waals surface area contributed by atoms with Gasteiger partial charge in [-0.1, -0.05) is 37.5 Å². The first-order valence-corrected chi connectivity index (χ1v) is 11.8. The minimum absolute atomic E-state index is 0.0273. The number of fused-ring (bicyclic) bond motifs is 1. The molecule has 4 rings (SSSR count). The zero-order valence-corrected chi connectivity index (χ0v) is 17.6. The van der Waals surface area contributed by atoms with Crippen LogP contribution in [0.2, 0.25) is 0 Å². The molecule has 0 radical (unpaired) electrons. The summed E-state index contributed by atoms with van der Waals surface area (Å²) >= 11 is -1.96. The Kier molecular flexibility index (Phi) is 6.62. The van der Waals surface area contributed by atoms with Crippen LogP contribution < -0.4 is 15.2 Å². The molecule has 2 aromatic rings. The van der Waals surface area contributed by atoms with Crippen molar-refractivity contribution in [2.45, 2.75) is 57.4 Å². The number of hydrogen-bond acceptors (Lipinski definition) is 4. The number of piperidine rings is 1. The Morgan fingerprint density at radius 2 is 1.86 bits per heavy atom. The number of anilines is 1. The van der Waals surface area contributed by atoms with Gasteiger partial charge in [-0.15, -0.1) is 0 Å². The third-order valence-corrected chi connectivity index (χ3v) is 6.78. The zero-order valence-electron chi connectivity index (χ0n) is 16.8. The fraction of sp³-hybridized carbons (Fsp3) is 0.619. The van der Waals surface area contributed by atoms with Gasteiger partial charge in [0.25, 0.3) is 5.56 Å². The molecule has 2 N–H and O–H groups in total. The first-order chi connectivity index (χ1) is 14.1. The van der Waals surface area contributed by atoms with E-state index in [0.717, 1.165) is 74.6 Å². The second-order valence-electron chi connectivity index (χ2n) is 8.30. The summed E-state index contributed by atoms with van der Waals surface area (Å²) in [5, 5.41) is 6.60. The van der Waals surface area contributed by atoms with Gasteiger partial charge < -0.3 is 4.90 Å². The molecule has 8 heteroatoms. The molecule has 1 aliphatic heterocycles. The largest absolute Gasteiger partial charge is 0.354 e. The zero-order chi connectivity index (χ0) is 20.2. The third kappa shape index (κ3) is 4.70. The van der Waals surface area contributed by atoms with Crippen molar-refractivity contribution in [2.75, 3.05) is 24.5 Å². The molecule has 0 spiro atoms. The average molecular weight is 419 g/mol. The molecule has 0 amide bonds. The second kappa shape index (κ2) is 9.36. The lowest BCUT2D eigenvalue weighted by molar-refractivity contribution is 0.318. The van der Waals surface area contributed by atoms with E-state index in [0.29, 0.717) is 12.5 Å². The quantitative estimate of drug-likeness (QED) is 0.703. The molecular weight excluding hydrogens is 388 g/mol. The van der Waals surface area contributed by atoms with Crippen molar-refractivity contribution < 1.29 is 8.76 Å². The Bertz CT molecular complexity index is 926. The number of hydrogen-bond donors (Lipinski definition) is 2. The van der Waals surface area contributed by atoms with Crippen LogP contribution in [-0.4, -0.2) is 38.2 Å². The number of nitrogens with one attached hydrogen (secondary N) is 1. The van der Waals surface area contributed by atoms with E-state index in [1.54, 1.807) is 4.68 Å². The van der Waals surface area contributed by atoms with Crippen molar-refractivity contribution in [3.05, 3.63) is 34.6 Å². The van der Waals surface area contributed by atoms with E-state index in [1.165, 1.54) is 6.42 Å². The molecule has 7 nitrogen and oxygen atoms in total. The summed E-state index contributed by atoms with van der Waals surface area (Å²) in [5.74, 6) is 1.35. The first-order valence-electron chi connectivity index (χ1n) is 10.7. The molecule has 2 atom stereocenters. The van der Waals surface area contributed by atoms with E-state index in [-0.39, 0.29) is 11.6 Å². The molecular formula is C21H30N4O3S. The van der Waals surface area contributed by atoms with Crippen LogP contribution in [0.4, 0.5) is 5.82 Å². The van der Waals surface area contributed by atoms with E-state index in [4.69, 9.17) is 9.65 Å². The SMILES string of the molecule is O=c1c2ccccc2c(N2CCC[C@@H](CCNS(=O)O)C2)nn1C1CCCCC1. The van der Waals surface area contributed by atoms with Crippen LogP contribution in [0.1, 0.15) is 57.4 Å². The topological polar surface area (TPSA) is 87.5 Å². The van der Waals surface area contributed by atoms with Gasteiger partial charge in [0.1, 0.15) is 0 Å². The molecule has 1 unspecified atom stereocenters. The maximum atomic E-state index is 13.2. The predicted octanol–water partition coefficient (Wildman–Crippen LogP) is 3.23. The van der Waals surface area contributed by atoms with Crippen LogP contribution in [0.3, 0.4) is 0 Å². The lowest BCUT2D eigenvalue weighted by atomic mass is 9.94. The van der Waals surface area contributed by atoms with Gasteiger partial charge in [0.15, 0.2) is 5.82 Å². The molecule has 2 heterocycles. The summed E-state index contributed by atoms with van der Waals surface area (Å²) in [5.41, 5.74) is 0.0273. The van der Waals surface area contributed by atoms with Gasteiger partial charge in [-0.25, -0.2) is 13.6 Å². The second-order valence-corrected chi connectivity index (χ2v) is 9.08. The highest BCUT2D eigenvalue weighted by Gasteiger charge is 2.25. The minimum atomic E-state index is -1.96. The third-order valence-electron chi connectivity index (χ3n) is 6.33. The monoisotopic (exact) mass is 418 g/mol. The van der Waals surface area contributed by atoms with Crippen molar-refractivity contribution in [1.82, 2.24) is 14.5 Å². The van der Waals surface area contributed by atoms with Gasteiger partial charge in [0.05, 0.1) is 11.4 Å². The summed E-state index contributed by atoms with van der Waals surface area (Å²) in [4.78, 5) is 15.5. The van der Waals surface area contributed by atoms with Crippen LogP contribution in [-0.2, 0) is 11.3 Å². The van der Waals surface area contributed by atoms with Crippen molar-refractivity contribution in [2.24, 2.45) is 5.92 Å². The van der Waals surface area contributed by atoms with Crippen LogP contribution in [0, 0.1) is 5.92 Å². The maximum Gasteiger partial charge on any atom is 0.275 e. The highest BCUT2D eigenvalue weighted by molar-refractivity contribution is 7.77. The van der Waals surface area contributed by atoms with E-state index in [9.17, 15) is 9.00 Å². The van der Waals surface area contributed by atoms with Crippen molar-refractivity contribution in [1.29, 1.82) is 0 Å². The number of nitrogens with zero attached hydrogens (tertiary/aromatic N) is 3. The normalized spacial score (nSPS) is 22.1. The molecule has 0 bridgehead atoms. The van der Waals surface area contributed by atoms with Crippen molar-refractivity contribution >= 4 is 27.9 Å². The summed E-state index contributed by atoms with van der Waals surface area (Å²) in [6.45, 7) is 2.31. The van der Waals surface area contributed by atoms with Crippen LogP contribution in [0.5, 0.6) is 0 Å². The van der Waals surface area contributed by atoms with Gasteiger partial charge in [-0.05, 0) is 44.1 Å². The summed E-state index contributed by atoms with van der Waals surface area (Å²) in [6, 6.07) is 8.02. The Labute approximate surface area is 173 Å². The van der Waals surface area contributed by atoms with Gasteiger partial charge in [-0.2, -0.15) is 5.10 Å². The Morgan fingerprint density at radius 3 is 2.62 bits per heavy atom. The van der Waals surface area contributed by atoms with Gasteiger partial charge in [0.2, 0.25) is 11.3 Å². The highest BCUT2D eigenvalue weighted by Crippen LogP contribution is 2.31. The van der Waals surface area contributed by atoms with Gasteiger partial charge in [-0.3, -0.25) is 9.35 Å². The predicted molar refractivity (Wildman–Crippen MR) is 116 cm³/mol. The summed E-state index contributed by atoms with van der Waals surface area (Å²) in [7, 11) is 0. The first kappa shape index (κ1) is 20.5. The molecule has 1 aromatic carbocycles. The maximum absolute atomic E-state index is 13.2. The minimum Gasteiger partial charge on any atom is -0.354 e. The molecule has 2 aliphatic rings. The molecule has 1 aromatic heterocycles. The molecule has 29 heavy (non-hydrogen) atoms. The average Bonchev–Trinajstić information content (AvgIpc) is 2.75. The standard InChI is InChI=1S/C21H30N4O3S/c26-21-19-11-5-4-10-18(19)20(23-25(21)17-8-2-1-3-9-17)24-14-6-7-16(15-24)12-13-22-29(27)28/h4-5,10-11,16-17,22H,1-3,6-9,12-15H2,(H,27,28)/t16-/m0/s1. The van der Waals surface area contributed by atoms with E-state index >= 15 is 0 Å². The number of aromatic nitrogens is 2. The molecule has 158 valence electrons. The Balaban J connectivity index is 1.64. The molecule has 1 aliphatic carbocycles. The highest BCUT2D eigenvalue weighted by atomic mass is 32.2. The Hall–Kier alpha value is -1.77. The van der Waals surface area contributed by atoms with Crippen LogP contribution in [0.25, 0.3) is 10.8 Å². The van der Waals surface area contributed by atoms with E-state index in [1.807, 2.05) is 24.3 Å². The fourth-order valence-electron chi connectivity index (χ4n) is 4.84. The summed E-state index contributed by atoms with van der Waals surface area (Å²) < 4.78 is 24.1. The fourth-order valence-corrected chi connectivity index (χ4v) is 5.13. The van der Waals surface area contributed by atoms with E-state index < -0.39 is 11.3 Å². The lowest BCUT2D eigenvalue weighted by Gasteiger charge is -2.35. The van der Waals surface area contributed by atoms with Crippen LogP contribution in [0.15, 0.2) is 29.1 Å². The molecule has 1 saturated carbocycles.